The van der Waals surface area contributed by atoms with Gasteiger partial charge in [-0.1, -0.05) is 26.2 Å². The van der Waals surface area contributed by atoms with Crippen molar-refractivity contribution in [2.24, 2.45) is 11.1 Å². The van der Waals surface area contributed by atoms with Crippen LogP contribution in [0.1, 0.15) is 45.4 Å². The van der Waals surface area contributed by atoms with Gasteiger partial charge in [0.1, 0.15) is 0 Å². The van der Waals surface area contributed by atoms with Gasteiger partial charge in [0, 0.05) is 19.5 Å². The lowest BCUT2D eigenvalue weighted by Crippen LogP contribution is -2.40. The third kappa shape index (κ3) is 5.04. The van der Waals surface area contributed by atoms with Crippen LogP contribution < -0.4 is 16.4 Å². The highest BCUT2D eigenvalue weighted by molar-refractivity contribution is 5.76. The number of nitrogens with two attached hydrogens (primary N) is 1. The number of amides is 1. The first-order chi connectivity index (χ1) is 8.22. The van der Waals surface area contributed by atoms with Gasteiger partial charge in [-0.2, -0.15) is 0 Å². The molecule has 0 aromatic heterocycles. The smallest absolute Gasteiger partial charge is 0.220 e. The van der Waals surface area contributed by atoms with Crippen LogP contribution >= 0.6 is 0 Å². The topological polar surface area (TPSA) is 67.1 Å². The molecule has 0 atom stereocenters. The number of likely N-dealkylation sites (N-methyl/N-ethyl adjacent to an activating group) is 1. The Morgan fingerprint density at radius 3 is 2.53 bits per heavy atom. The van der Waals surface area contributed by atoms with Crippen LogP contribution in [0.5, 0.6) is 0 Å². The van der Waals surface area contributed by atoms with Crippen molar-refractivity contribution in [3.8, 4) is 0 Å². The second-order valence-electron chi connectivity index (χ2n) is 5.15. The van der Waals surface area contributed by atoms with Gasteiger partial charge in [-0.15, -0.1) is 0 Å². The van der Waals surface area contributed by atoms with E-state index < -0.39 is 0 Å². The van der Waals surface area contributed by atoms with Crippen molar-refractivity contribution < 1.29 is 4.79 Å². The maximum absolute atomic E-state index is 11.8. The molecule has 1 saturated carbocycles. The van der Waals surface area contributed by atoms with Crippen LogP contribution in [0.25, 0.3) is 0 Å². The van der Waals surface area contributed by atoms with E-state index in [9.17, 15) is 4.79 Å². The summed E-state index contributed by atoms with van der Waals surface area (Å²) in [6, 6.07) is 0. The lowest BCUT2D eigenvalue weighted by atomic mass is 9.71. The predicted octanol–water partition coefficient (Wildman–Crippen LogP) is 1.01. The van der Waals surface area contributed by atoms with Crippen molar-refractivity contribution in [3.05, 3.63) is 0 Å². The summed E-state index contributed by atoms with van der Waals surface area (Å²) in [7, 11) is 0. The van der Waals surface area contributed by atoms with Gasteiger partial charge < -0.3 is 16.4 Å². The molecule has 0 bridgehead atoms. The van der Waals surface area contributed by atoms with Crippen LogP contribution in [0.3, 0.4) is 0 Å². The molecule has 0 saturated heterocycles. The van der Waals surface area contributed by atoms with E-state index in [4.69, 9.17) is 5.73 Å². The summed E-state index contributed by atoms with van der Waals surface area (Å²) in [4.78, 5) is 11.8. The van der Waals surface area contributed by atoms with Crippen molar-refractivity contribution in [2.45, 2.75) is 45.4 Å². The molecule has 1 rings (SSSR count). The first-order valence-corrected chi connectivity index (χ1v) is 6.90. The quantitative estimate of drug-likeness (QED) is 0.583. The molecule has 1 aliphatic carbocycles. The normalized spacial score (nSPS) is 18.9. The van der Waals surface area contributed by atoms with Crippen LogP contribution in [0, 0.1) is 5.41 Å². The predicted molar refractivity (Wildman–Crippen MR) is 70.7 cm³/mol. The first-order valence-electron chi connectivity index (χ1n) is 6.90. The molecule has 1 fully saturated rings. The van der Waals surface area contributed by atoms with E-state index in [2.05, 4.69) is 17.6 Å². The van der Waals surface area contributed by atoms with E-state index in [1.165, 1.54) is 19.3 Å². The number of hydrogen-bond donors (Lipinski definition) is 3. The lowest BCUT2D eigenvalue weighted by Gasteiger charge is -2.35. The summed E-state index contributed by atoms with van der Waals surface area (Å²) < 4.78 is 0. The molecular formula is C13H27N3O. The zero-order valence-corrected chi connectivity index (χ0v) is 11.1. The van der Waals surface area contributed by atoms with Crippen LogP contribution in [-0.4, -0.2) is 32.1 Å². The highest BCUT2D eigenvalue weighted by Gasteiger charge is 2.32. The molecule has 0 heterocycles. The summed E-state index contributed by atoms with van der Waals surface area (Å²) in [6.45, 7) is 5.22. The Hall–Kier alpha value is -0.610. The van der Waals surface area contributed by atoms with Crippen molar-refractivity contribution in [3.63, 3.8) is 0 Å². The second kappa shape index (κ2) is 7.67. The third-order valence-electron chi connectivity index (χ3n) is 3.76. The van der Waals surface area contributed by atoms with E-state index in [0.717, 1.165) is 25.9 Å². The van der Waals surface area contributed by atoms with Crippen LogP contribution in [0.4, 0.5) is 0 Å². The fourth-order valence-corrected chi connectivity index (χ4v) is 2.63. The number of carbonyl (C=O) groups is 1. The van der Waals surface area contributed by atoms with Gasteiger partial charge in [-0.3, -0.25) is 4.79 Å². The molecule has 0 aromatic carbocycles. The van der Waals surface area contributed by atoms with Gasteiger partial charge in [-0.25, -0.2) is 0 Å². The summed E-state index contributed by atoms with van der Waals surface area (Å²) in [6.07, 6.45) is 6.58. The number of rotatable bonds is 7. The van der Waals surface area contributed by atoms with E-state index in [1.807, 2.05) is 0 Å². The minimum absolute atomic E-state index is 0.0838. The van der Waals surface area contributed by atoms with Gasteiger partial charge in [0.05, 0.1) is 0 Å². The zero-order chi connectivity index (χ0) is 12.6. The minimum atomic E-state index is 0.0838. The molecule has 1 amide bonds. The van der Waals surface area contributed by atoms with Crippen molar-refractivity contribution in [1.29, 1.82) is 0 Å². The van der Waals surface area contributed by atoms with Crippen LogP contribution in [-0.2, 0) is 4.79 Å². The summed E-state index contributed by atoms with van der Waals surface area (Å²) in [5, 5.41) is 6.16. The monoisotopic (exact) mass is 241 g/mol. The average molecular weight is 241 g/mol. The molecule has 0 spiro atoms. The molecule has 0 radical (unpaired) electrons. The Morgan fingerprint density at radius 2 is 1.94 bits per heavy atom. The fourth-order valence-electron chi connectivity index (χ4n) is 2.63. The van der Waals surface area contributed by atoms with E-state index in [1.54, 1.807) is 0 Å². The Morgan fingerprint density at radius 1 is 1.24 bits per heavy atom. The van der Waals surface area contributed by atoms with Crippen LogP contribution in [0.15, 0.2) is 0 Å². The number of hydrogen-bond acceptors (Lipinski definition) is 3. The number of carbonyl (C=O) groups excluding carboxylic acids is 1. The van der Waals surface area contributed by atoms with E-state index in [-0.39, 0.29) is 11.3 Å². The van der Waals surface area contributed by atoms with Gasteiger partial charge in [0.15, 0.2) is 0 Å². The standard InChI is InChI=1S/C13H27N3O/c1-2-15-8-9-16-12(17)10-13(11-14)6-4-3-5-7-13/h15H,2-11,14H2,1H3,(H,16,17). The first kappa shape index (κ1) is 14.5. The van der Waals surface area contributed by atoms with Gasteiger partial charge in [-0.05, 0) is 31.3 Å². The third-order valence-corrected chi connectivity index (χ3v) is 3.76. The summed E-state index contributed by atoms with van der Waals surface area (Å²) in [5.74, 6) is 0.162. The maximum Gasteiger partial charge on any atom is 0.220 e. The highest BCUT2D eigenvalue weighted by Crippen LogP contribution is 2.38. The second-order valence-corrected chi connectivity index (χ2v) is 5.15. The molecule has 4 nitrogen and oxygen atoms in total. The van der Waals surface area contributed by atoms with Crippen molar-refractivity contribution in [2.75, 3.05) is 26.2 Å². The molecule has 4 heteroatoms. The molecule has 0 aromatic rings. The molecule has 100 valence electrons. The Balaban J connectivity index is 2.27. The Kier molecular flexibility index (Phi) is 6.52. The van der Waals surface area contributed by atoms with Crippen molar-refractivity contribution >= 4 is 5.91 Å². The van der Waals surface area contributed by atoms with E-state index >= 15 is 0 Å². The van der Waals surface area contributed by atoms with Gasteiger partial charge in [0.25, 0.3) is 0 Å². The van der Waals surface area contributed by atoms with Gasteiger partial charge >= 0.3 is 0 Å². The molecule has 0 aliphatic heterocycles. The Labute approximate surface area is 105 Å². The zero-order valence-electron chi connectivity index (χ0n) is 11.1. The summed E-state index contributed by atoms with van der Waals surface area (Å²) >= 11 is 0. The lowest BCUT2D eigenvalue weighted by molar-refractivity contribution is -0.123. The van der Waals surface area contributed by atoms with Crippen LogP contribution in [0.2, 0.25) is 0 Å². The molecule has 17 heavy (non-hydrogen) atoms. The fraction of sp³-hybridized carbons (Fsp3) is 0.923. The highest BCUT2D eigenvalue weighted by atomic mass is 16.1. The largest absolute Gasteiger partial charge is 0.355 e. The molecular weight excluding hydrogens is 214 g/mol. The molecule has 4 N–H and O–H groups in total. The van der Waals surface area contributed by atoms with Gasteiger partial charge in [0.2, 0.25) is 5.91 Å². The Bertz CT molecular complexity index is 225. The number of nitrogens with one attached hydrogen (secondary N) is 2. The molecule has 1 aliphatic rings. The SMILES string of the molecule is CCNCCNC(=O)CC1(CN)CCCCC1. The maximum atomic E-state index is 11.8. The average Bonchev–Trinajstić information content (AvgIpc) is 2.36. The van der Waals surface area contributed by atoms with E-state index in [0.29, 0.717) is 19.5 Å². The van der Waals surface area contributed by atoms with Crippen molar-refractivity contribution in [1.82, 2.24) is 10.6 Å². The molecule has 0 unspecified atom stereocenters. The summed E-state index contributed by atoms with van der Waals surface area (Å²) in [5.41, 5.74) is 5.95. The minimum Gasteiger partial charge on any atom is -0.355 e.